The quantitative estimate of drug-likeness (QED) is 0.168. The van der Waals surface area contributed by atoms with Crippen molar-refractivity contribution in [3.05, 3.63) is 120 Å². The molecule has 2 N–H and O–H groups in total. The highest BCUT2D eigenvalue weighted by Gasteiger charge is 2.54. The molecular formula is C35H36O12. The smallest absolute Gasteiger partial charge is 0.338 e. The van der Waals surface area contributed by atoms with Crippen LogP contribution in [-0.2, 0) is 33.2 Å². The van der Waals surface area contributed by atoms with Crippen molar-refractivity contribution in [2.24, 2.45) is 0 Å². The van der Waals surface area contributed by atoms with Crippen LogP contribution >= 0.6 is 0 Å². The van der Waals surface area contributed by atoms with Gasteiger partial charge >= 0.3 is 17.9 Å². The van der Waals surface area contributed by atoms with Crippen molar-refractivity contribution in [3.8, 4) is 0 Å². The standard InChI is InChI=1S/C35H36O12/c1-3-19-41-34-27(37)26(36)28(21(2)43-34)47-35-30(46-33(40)24-17-11-6-12-18-24)29(45-32(39)23-15-9-5-10-16-23)25(44-35)20-42-31(38)22-13-7-4-8-14-22/h3-18,21,25-30,34-37H,1,19-20H2,2H3/t21-,25-,26-,27+,28-,29-,30+,34+,35-/m0/s1. The molecule has 2 heterocycles. The molecule has 2 aliphatic heterocycles. The molecule has 3 aromatic rings. The van der Waals surface area contributed by atoms with E-state index in [9.17, 15) is 24.6 Å². The maximum Gasteiger partial charge on any atom is 0.338 e. The van der Waals surface area contributed by atoms with E-state index in [0.29, 0.717) is 0 Å². The molecule has 9 atom stereocenters. The van der Waals surface area contributed by atoms with E-state index in [2.05, 4.69) is 6.58 Å². The van der Waals surface area contributed by atoms with Gasteiger partial charge in [-0.05, 0) is 43.3 Å². The van der Waals surface area contributed by atoms with Crippen LogP contribution in [0.25, 0.3) is 0 Å². The Balaban J connectivity index is 1.43. The summed E-state index contributed by atoms with van der Waals surface area (Å²) in [6.45, 7) is 4.81. The molecule has 0 bridgehead atoms. The second kappa shape index (κ2) is 15.9. The van der Waals surface area contributed by atoms with Crippen molar-refractivity contribution in [1.29, 1.82) is 0 Å². The van der Waals surface area contributed by atoms with E-state index in [-0.39, 0.29) is 23.3 Å². The van der Waals surface area contributed by atoms with Gasteiger partial charge in [-0.25, -0.2) is 14.4 Å². The first-order chi connectivity index (χ1) is 22.8. The van der Waals surface area contributed by atoms with Gasteiger partial charge in [-0.15, -0.1) is 6.58 Å². The van der Waals surface area contributed by atoms with Gasteiger partial charge in [-0.2, -0.15) is 0 Å². The summed E-state index contributed by atoms with van der Waals surface area (Å²) in [7, 11) is 0. The van der Waals surface area contributed by atoms with Crippen LogP contribution in [0.3, 0.4) is 0 Å². The number of aliphatic hydroxyl groups is 2. The van der Waals surface area contributed by atoms with Crippen molar-refractivity contribution < 1.29 is 57.8 Å². The van der Waals surface area contributed by atoms with Crippen molar-refractivity contribution in [2.75, 3.05) is 13.2 Å². The molecule has 12 nitrogen and oxygen atoms in total. The number of benzene rings is 3. The summed E-state index contributed by atoms with van der Waals surface area (Å²) in [5.74, 6) is -2.20. The number of hydrogen-bond donors (Lipinski definition) is 2. The average molecular weight is 649 g/mol. The predicted octanol–water partition coefficient (Wildman–Crippen LogP) is 3.07. The van der Waals surface area contributed by atoms with Crippen LogP contribution in [0.5, 0.6) is 0 Å². The van der Waals surface area contributed by atoms with Gasteiger partial charge in [0.25, 0.3) is 0 Å². The number of aliphatic hydroxyl groups excluding tert-OH is 2. The molecule has 3 aromatic carbocycles. The Morgan fingerprint density at radius 2 is 1.21 bits per heavy atom. The van der Waals surface area contributed by atoms with E-state index < -0.39 is 79.8 Å². The van der Waals surface area contributed by atoms with Gasteiger partial charge in [0.15, 0.2) is 24.8 Å². The highest BCUT2D eigenvalue weighted by molar-refractivity contribution is 5.91. The first-order valence-electron chi connectivity index (χ1n) is 15.1. The zero-order chi connectivity index (χ0) is 33.3. The van der Waals surface area contributed by atoms with Crippen LogP contribution in [0.2, 0.25) is 0 Å². The minimum atomic E-state index is -1.53. The molecule has 2 fully saturated rings. The minimum absolute atomic E-state index is 0.0633. The first kappa shape index (κ1) is 33.9. The summed E-state index contributed by atoms with van der Waals surface area (Å²) in [6.07, 6.45) is -10.2. The maximum atomic E-state index is 13.3. The molecule has 2 saturated heterocycles. The Kier molecular flexibility index (Phi) is 11.5. The van der Waals surface area contributed by atoms with Gasteiger partial charge < -0.3 is 43.4 Å². The molecule has 0 unspecified atom stereocenters. The zero-order valence-electron chi connectivity index (χ0n) is 25.5. The summed E-state index contributed by atoms with van der Waals surface area (Å²) in [5, 5.41) is 21.8. The van der Waals surface area contributed by atoms with Crippen molar-refractivity contribution >= 4 is 17.9 Å². The second-order valence-corrected chi connectivity index (χ2v) is 10.9. The third-order valence-corrected chi connectivity index (χ3v) is 7.61. The number of carbonyl (C=O) groups is 3. The van der Waals surface area contributed by atoms with Crippen molar-refractivity contribution in [2.45, 2.75) is 62.2 Å². The Hall–Kier alpha value is -4.43. The van der Waals surface area contributed by atoms with E-state index in [1.807, 2.05) is 0 Å². The van der Waals surface area contributed by atoms with Gasteiger partial charge in [-0.1, -0.05) is 60.7 Å². The van der Waals surface area contributed by atoms with Crippen molar-refractivity contribution in [1.82, 2.24) is 0 Å². The normalized spacial score (nSPS) is 28.6. The molecule has 0 spiro atoms. The summed E-state index contributed by atoms with van der Waals surface area (Å²) >= 11 is 0. The van der Waals surface area contributed by atoms with Crippen LogP contribution < -0.4 is 0 Å². The van der Waals surface area contributed by atoms with E-state index in [4.69, 9.17) is 33.2 Å². The molecule has 47 heavy (non-hydrogen) atoms. The van der Waals surface area contributed by atoms with Crippen molar-refractivity contribution in [3.63, 3.8) is 0 Å². The fourth-order valence-corrected chi connectivity index (χ4v) is 5.20. The molecule has 248 valence electrons. The summed E-state index contributed by atoms with van der Waals surface area (Å²) in [6, 6.07) is 24.5. The lowest BCUT2D eigenvalue weighted by atomic mass is 9.99. The molecule has 5 rings (SSSR count). The van der Waals surface area contributed by atoms with Gasteiger partial charge in [0.2, 0.25) is 0 Å². The summed E-state index contributed by atoms with van der Waals surface area (Å²) in [5.41, 5.74) is 0.690. The van der Waals surface area contributed by atoms with Crippen LogP contribution in [0.1, 0.15) is 38.0 Å². The second-order valence-electron chi connectivity index (χ2n) is 10.9. The largest absolute Gasteiger partial charge is 0.459 e. The number of hydrogen-bond acceptors (Lipinski definition) is 12. The lowest BCUT2D eigenvalue weighted by Gasteiger charge is -2.42. The molecule has 12 heteroatoms. The lowest BCUT2D eigenvalue weighted by molar-refractivity contribution is -0.321. The van der Waals surface area contributed by atoms with E-state index in [1.54, 1.807) is 97.9 Å². The van der Waals surface area contributed by atoms with Crippen LogP contribution in [0.15, 0.2) is 104 Å². The third-order valence-electron chi connectivity index (χ3n) is 7.61. The topological polar surface area (TPSA) is 156 Å². The maximum absolute atomic E-state index is 13.3. The van der Waals surface area contributed by atoms with Gasteiger partial charge in [0.1, 0.15) is 31.0 Å². The summed E-state index contributed by atoms with van der Waals surface area (Å²) in [4.78, 5) is 39.4. The average Bonchev–Trinajstić information content (AvgIpc) is 3.42. The molecule has 0 saturated carbocycles. The number of esters is 3. The van der Waals surface area contributed by atoms with Crippen LogP contribution in [0, 0.1) is 0 Å². The SMILES string of the molecule is C=CCO[C@@H]1O[C@@H](C)[C@H](O[C@@H]2O[C@@H](COC(=O)c3ccccc3)[C@H](OC(=O)c3ccccc3)[C@H]2OC(=O)c2ccccc2)[C@@H](O)[C@H]1O. The third kappa shape index (κ3) is 8.30. The number of carbonyl (C=O) groups excluding carboxylic acids is 3. The Morgan fingerprint density at radius 1 is 0.702 bits per heavy atom. The number of ether oxygens (including phenoxy) is 7. The Bertz CT molecular complexity index is 1480. The molecular weight excluding hydrogens is 612 g/mol. The highest BCUT2D eigenvalue weighted by Crippen LogP contribution is 2.34. The Labute approximate surface area is 271 Å². The van der Waals surface area contributed by atoms with E-state index in [1.165, 1.54) is 6.08 Å². The molecule has 2 aliphatic rings. The van der Waals surface area contributed by atoms with Crippen LogP contribution in [0.4, 0.5) is 0 Å². The lowest BCUT2D eigenvalue weighted by Crippen LogP contribution is -2.59. The number of rotatable bonds is 12. The molecule has 0 radical (unpaired) electrons. The van der Waals surface area contributed by atoms with Gasteiger partial charge in [-0.3, -0.25) is 0 Å². The summed E-state index contributed by atoms with van der Waals surface area (Å²) < 4.78 is 40.7. The van der Waals surface area contributed by atoms with Crippen LogP contribution in [-0.4, -0.2) is 96.6 Å². The molecule has 0 amide bonds. The molecule has 0 aromatic heterocycles. The predicted molar refractivity (Wildman–Crippen MR) is 164 cm³/mol. The van der Waals surface area contributed by atoms with Gasteiger partial charge in [0.05, 0.1) is 29.4 Å². The monoisotopic (exact) mass is 648 g/mol. The van der Waals surface area contributed by atoms with Gasteiger partial charge in [0, 0.05) is 0 Å². The fraction of sp³-hybridized carbons (Fsp3) is 0.343. The van der Waals surface area contributed by atoms with E-state index in [0.717, 1.165) is 0 Å². The van der Waals surface area contributed by atoms with E-state index >= 15 is 0 Å². The first-order valence-corrected chi connectivity index (χ1v) is 15.1. The fourth-order valence-electron chi connectivity index (χ4n) is 5.20. The zero-order valence-corrected chi connectivity index (χ0v) is 25.5. The Morgan fingerprint density at radius 3 is 1.74 bits per heavy atom. The highest BCUT2D eigenvalue weighted by atomic mass is 16.8. The minimum Gasteiger partial charge on any atom is -0.459 e. The molecule has 0 aliphatic carbocycles.